The number of hydrogen-bond acceptors (Lipinski definition) is 6. The maximum atomic E-state index is 4.30. The van der Waals surface area contributed by atoms with Gasteiger partial charge in [0.2, 0.25) is 0 Å². The Labute approximate surface area is 111 Å². The van der Waals surface area contributed by atoms with E-state index < -0.39 is 0 Å². The monoisotopic (exact) mass is 266 g/mol. The molecule has 0 radical (unpaired) electrons. The standard InChI is InChI=1S/C11H18N6S/c1-17(2)6-4-5-12-9-8-10(14-7-13-9)15-16-11(8)18-3/h7H,4-6H2,1-3H3,(H2,12,13,14,15,16). The summed E-state index contributed by atoms with van der Waals surface area (Å²) in [5, 5.41) is 12.4. The van der Waals surface area contributed by atoms with E-state index in [9.17, 15) is 0 Å². The number of nitrogens with zero attached hydrogens (tertiary/aromatic N) is 4. The van der Waals surface area contributed by atoms with Crippen molar-refractivity contribution in [1.82, 2.24) is 25.1 Å². The molecule has 2 aromatic rings. The zero-order valence-corrected chi connectivity index (χ0v) is 11.7. The van der Waals surface area contributed by atoms with Gasteiger partial charge in [-0.25, -0.2) is 9.97 Å². The van der Waals surface area contributed by atoms with Crippen LogP contribution in [0.15, 0.2) is 11.4 Å². The minimum Gasteiger partial charge on any atom is -0.369 e. The van der Waals surface area contributed by atoms with Crippen LogP contribution < -0.4 is 5.32 Å². The Morgan fingerprint density at radius 2 is 2.22 bits per heavy atom. The number of aromatic amines is 1. The van der Waals surface area contributed by atoms with Gasteiger partial charge < -0.3 is 10.2 Å². The van der Waals surface area contributed by atoms with Gasteiger partial charge in [0.1, 0.15) is 17.2 Å². The molecule has 0 unspecified atom stereocenters. The maximum absolute atomic E-state index is 4.30. The van der Waals surface area contributed by atoms with Gasteiger partial charge in [-0.3, -0.25) is 5.10 Å². The Balaban J connectivity index is 2.10. The van der Waals surface area contributed by atoms with Gasteiger partial charge >= 0.3 is 0 Å². The van der Waals surface area contributed by atoms with Gasteiger partial charge in [-0.05, 0) is 33.3 Å². The fraction of sp³-hybridized carbons (Fsp3) is 0.545. The zero-order valence-electron chi connectivity index (χ0n) is 10.9. The molecule has 0 aromatic carbocycles. The number of H-pyrrole nitrogens is 1. The highest BCUT2D eigenvalue weighted by Crippen LogP contribution is 2.27. The van der Waals surface area contributed by atoms with Crippen molar-refractivity contribution >= 4 is 28.6 Å². The Morgan fingerprint density at radius 1 is 1.39 bits per heavy atom. The van der Waals surface area contributed by atoms with Crippen LogP contribution in [-0.4, -0.2) is 58.5 Å². The van der Waals surface area contributed by atoms with Crippen molar-refractivity contribution in [2.75, 3.05) is 38.8 Å². The number of thioether (sulfide) groups is 1. The summed E-state index contributed by atoms with van der Waals surface area (Å²) in [4.78, 5) is 10.6. The lowest BCUT2D eigenvalue weighted by Crippen LogP contribution is -2.16. The molecular formula is C11H18N6S. The van der Waals surface area contributed by atoms with E-state index in [1.807, 2.05) is 6.26 Å². The lowest BCUT2D eigenvalue weighted by molar-refractivity contribution is 0.405. The average molecular weight is 266 g/mol. The summed E-state index contributed by atoms with van der Waals surface area (Å²) in [5.41, 5.74) is 0.782. The Bertz CT molecular complexity index is 509. The molecule has 2 heterocycles. The van der Waals surface area contributed by atoms with E-state index in [0.717, 1.165) is 41.4 Å². The van der Waals surface area contributed by atoms with Crippen molar-refractivity contribution in [2.45, 2.75) is 11.4 Å². The van der Waals surface area contributed by atoms with Gasteiger partial charge in [0.15, 0.2) is 5.65 Å². The van der Waals surface area contributed by atoms with Gasteiger partial charge in [0.05, 0.1) is 5.39 Å². The molecule has 0 saturated heterocycles. The fourth-order valence-electron chi connectivity index (χ4n) is 1.72. The van der Waals surface area contributed by atoms with Crippen molar-refractivity contribution in [3.63, 3.8) is 0 Å². The second-order valence-electron chi connectivity index (χ2n) is 4.26. The van der Waals surface area contributed by atoms with E-state index in [1.54, 1.807) is 18.1 Å². The molecule has 0 amide bonds. The van der Waals surface area contributed by atoms with Crippen LogP contribution in [0.1, 0.15) is 6.42 Å². The van der Waals surface area contributed by atoms with Crippen LogP contribution in [0.2, 0.25) is 0 Å². The Hall–Kier alpha value is -1.34. The Kier molecular flexibility index (Phi) is 4.38. The Morgan fingerprint density at radius 3 is 2.94 bits per heavy atom. The van der Waals surface area contributed by atoms with Gasteiger partial charge in [0.25, 0.3) is 0 Å². The molecule has 2 aromatic heterocycles. The van der Waals surface area contributed by atoms with Crippen LogP contribution in [0, 0.1) is 0 Å². The van der Waals surface area contributed by atoms with Gasteiger partial charge in [-0.1, -0.05) is 0 Å². The van der Waals surface area contributed by atoms with E-state index >= 15 is 0 Å². The van der Waals surface area contributed by atoms with Crippen molar-refractivity contribution in [3.8, 4) is 0 Å². The third kappa shape index (κ3) is 2.91. The van der Waals surface area contributed by atoms with E-state index in [1.165, 1.54) is 0 Å². The van der Waals surface area contributed by atoms with Gasteiger partial charge in [-0.15, -0.1) is 11.8 Å². The summed E-state index contributed by atoms with van der Waals surface area (Å²) >= 11 is 1.59. The lowest BCUT2D eigenvalue weighted by Gasteiger charge is -2.10. The quantitative estimate of drug-likeness (QED) is 0.609. The molecule has 0 fully saturated rings. The molecule has 7 heteroatoms. The number of anilines is 1. The molecule has 0 bridgehead atoms. The zero-order chi connectivity index (χ0) is 13.0. The number of nitrogens with one attached hydrogen (secondary N) is 2. The molecule has 2 rings (SSSR count). The van der Waals surface area contributed by atoms with E-state index in [-0.39, 0.29) is 0 Å². The highest BCUT2D eigenvalue weighted by molar-refractivity contribution is 7.98. The van der Waals surface area contributed by atoms with Crippen LogP contribution in [0.25, 0.3) is 11.0 Å². The lowest BCUT2D eigenvalue weighted by atomic mass is 10.3. The predicted molar refractivity (Wildman–Crippen MR) is 75.1 cm³/mol. The number of hydrogen-bond donors (Lipinski definition) is 2. The first-order chi connectivity index (χ1) is 8.72. The van der Waals surface area contributed by atoms with Crippen LogP contribution >= 0.6 is 11.8 Å². The van der Waals surface area contributed by atoms with E-state index in [2.05, 4.69) is 44.5 Å². The molecule has 0 aliphatic rings. The SMILES string of the molecule is CSc1n[nH]c2ncnc(NCCCN(C)C)c12. The first-order valence-corrected chi connectivity index (χ1v) is 7.06. The second kappa shape index (κ2) is 6.01. The predicted octanol–water partition coefficient (Wildman–Crippen LogP) is 1.44. The minimum absolute atomic E-state index is 0.782. The summed E-state index contributed by atoms with van der Waals surface area (Å²) in [5.74, 6) is 0.858. The molecular weight excluding hydrogens is 248 g/mol. The molecule has 0 saturated carbocycles. The third-order valence-electron chi connectivity index (χ3n) is 2.59. The van der Waals surface area contributed by atoms with Crippen molar-refractivity contribution in [3.05, 3.63) is 6.33 Å². The van der Waals surface area contributed by atoms with Crippen LogP contribution in [0.5, 0.6) is 0 Å². The molecule has 18 heavy (non-hydrogen) atoms. The van der Waals surface area contributed by atoms with Crippen molar-refractivity contribution in [2.24, 2.45) is 0 Å². The first-order valence-electron chi connectivity index (χ1n) is 5.84. The topological polar surface area (TPSA) is 69.7 Å². The van der Waals surface area contributed by atoms with Crippen molar-refractivity contribution in [1.29, 1.82) is 0 Å². The van der Waals surface area contributed by atoms with Crippen LogP contribution in [0.4, 0.5) is 5.82 Å². The van der Waals surface area contributed by atoms with E-state index in [0.29, 0.717) is 0 Å². The summed E-state index contributed by atoms with van der Waals surface area (Å²) in [6, 6.07) is 0. The molecule has 0 spiro atoms. The molecule has 2 N–H and O–H groups in total. The number of rotatable bonds is 6. The summed E-state index contributed by atoms with van der Waals surface area (Å²) in [7, 11) is 4.15. The minimum atomic E-state index is 0.782. The molecule has 0 atom stereocenters. The number of aromatic nitrogens is 4. The molecule has 0 aliphatic heterocycles. The largest absolute Gasteiger partial charge is 0.369 e. The van der Waals surface area contributed by atoms with Gasteiger partial charge in [0, 0.05) is 6.54 Å². The second-order valence-corrected chi connectivity index (χ2v) is 5.06. The molecule has 0 aliphatic carbocycles. The molecule has 98 valence electrons. The normalized spacial score (nSPS) is 11.3. The summed E-state index contributed by atoms with van der Waals surface area (Å²) in [6.07, 6.45) is 4.63. The number of fused-ring (bicyclic) bond motifs is 1. The maximum Gasteiger partial charge on any atom is 0.161 e. The molecule has 6 nitrogen and oxygen atoms in total. The van der Waals surface area contributed by atoms with Crippen LogP contribution in [-0.2, 0) is 0 Å². The van der Waals surface area contributed by atoms with Gasteiger partial charge in [-0.2, -0.15) is 5.10 Å². The highest BCUT2D eigenvalue weighted by Gasteiger charge is 2.11. The van der Waals surface area contributed by atoms with Crippen molar-refractivity contribution < 1.29 is 0 Å². The summed E-state index contributed by atoms with van der Waals surface area (Å²) < 4.78 is 0. The first kappa shape index (κ1) is 13.1. The average Bonchev–Trinajstić information content (AvgIpc) is 2.78. The summed E-state index contributed by atoms with van der Waals surface area (Å²) in [6.45, 7) is 1.95. The smallest absolute Gasteiger partial charge is 0.161 e. The van der Waals surface area contributed by atoms with E-state index in [4.69, 9.17) is 0 Å². The van der Waals surface area contributed by atoms with Crippen LogP contribution in [0.3, 0.4) is 0 Å². The highest BCUT2D eigenvalue weighted by atomic mass is 32.2. The third-order valence-corrected chi connectivity index (χ3v) is 3.27. The fourth-order valence-corrected chi connectivity index (χ4v) is 2.25.